The Labute approximate surface area is 137 Å². The fourth-order valence-corrected chi connectivity index (χ4v) is 1.78. The van der Waals surface area contributed by atoms with Crippen molar-refractivity contribution in [3.05, 3.63) is 29.8 Å². The fourth-order valence-electron chi connectivity index (χ4n) is 1.78. The number of hydrogen-bond acceptors (Lipinski definition) is 6. The van der Waals surface area contributed by atoms with E-state index in [-0.39, 0.29) is 6.29 Å². The number of hydrogen-bond donors (Lipinski definition) is 4. The van der Waals surface area contributed by atoms with E-state index in [1.54, 1.807) is 24.3 Å². The fraction of sp³-hybridized carbons (Fsp3) is 0.214. The SMILES string of the molecule is CC(=O)N(NC(=O)Nc1ccc(C=NN)cc1)[C@H](C=O)CC(=O)O. The highest BCUT2D eigenvalue weighted by Gasteiger charge is 2.25. The van der Waals surface area contributed by atoms with Crippen LogP contribution in [0.2, 0.25) is 0 Å². The number of aliphatic carboxylic acids is 1. The highest BCUT2D eigenvalue weighted by atomic mass is 16.4. The van der Waals surface area contributed by atoms with Crippen molar-refractivity contribution in [2.75, 3.05) is 5.32 Å². The van der Waals surface area contributed by atoms with Crippen LogP contribution in [0.15, 0.2) is 29.4 Å². The maximum Gasteiger partial charge on any atom is 0.338 e. The summed E-state index contributed by atoms with van der Waals surface area (Å²) in [5.41, 5.74) is 3.28. The lowest BCUT2D eigenvalue weighted by molar-refractivity contribution is -0.144. The molecule has 1 atom stereocenters. The van der Waals surface area contributed by atoms with Gasteiger partial charge in [-0.2, -0.15) is 5.10 Å². The summed E-state index contributed by atoms with van der Waals surface area (Å²) in [7, 11) is 0. The Hall–Kier alpha value is -3.43. The van der Waals surface area contributed by atoms with Crippen molar-refractivity contribution in [3.63, 3.8) is 0 Å². The van der Waals surface area contributed by atoms with Crippen molar-refractivity contribution in [1.29, 1.82) is 0 Å². The lowest BCUT2D eigenvalue weighted by Crippen LogP contribution is -2.53. The predicted octanol–water partition coefficient (Wildman–Crippen LogP) is -0.0936. The van der Waals surface area contributed by atoms with Crippen LogP contribution in [-0.4, -0.2) is 46.6 Å². The molecule has 1 rings (SSSR count). The molecule has 1 aromatic rings. The molecule has 0 bridgehead atoms. The highest BCUT2D eigenvalue weighted by Crippen LogP contribution is 2.08. The van der Waals surface area contributed by atoms with Gasteiger partial charge < -0.3 is 21.1 Å². The largest absolute Gasteiger partial charge is 0.481 e. The summed E-state index contributed by atoms with van der Waals surface area (Å²) in [5.74, 6) is 3.06. The quantitative estimate of drug-likeness (QED) is 0.246. The molecular formula is C14H17N5O5. The number of hydrazone groups is 1. The number of hydrazine groups is 1. The number of carboxylic acid groups (broad SMARTS) is 1. The van der Waals surface area contributed by atoms with E-state index in [0.717, 1.165) is 12.5 Å². The number of nitrogens with two attached hydrogens (primary N) is 1. The van der Waals surface area contributed by atoms with Gasteiger partial charge in [0, 0.05) is 12.6 Å². The molecule has 0 aliphatic carbocycles. The van der Waals surface area contributed by atoms with Gasteiger partial charge >= 0.3 is 12.0 Å². The lowest BCUT2D eigenvalue weighted by atomic mass is 10.2. The number of carboxylic acids is 1. The van der Waals surface area contributed by atoms with E-state index in [2.05, 4.69) is 15.8 Å². The number of urea groups is 1. The first kappa shape index (κ1) is 18.6. The topological polar surface area (TPSA) is 154 Å². The van der Waals surface area contributed by atoms with Gasteiger partial charge in [0.25, 0.3) is 0 Å². The molecule has 3 amide bonds. The van der Waals surface area contributed by atoms with Gasteiger partial charge in [-0.15, -0.1) is 0 Å². The zero-order chi connectivity index (χ0) is 18.1. The maximum absolute atomic E-state index is 11.9. The minimum atomic E-state index is -1.31. The van der Waals surface area contributed by atoms with Gasteiger partial charge in [0.2, 0.25) is 5.91 Å². The van der Waals surface area contributed by atoms with Crippen molar-refractivity contribution < 1.29 is 24.3 Å². The summed E-state index contributed by atoms with van der Waals surface area (Å²) in [5, 5.41) is 15.2. The minimum absolute atomic E-state index is 0.275. The van der Waals surface area contributed by atoms with Gasteiger partial charge in [0.15, 0.2) is 0 Å². The molecule has 0 saturated carbocycles. The predicted molar refractivity (Wildman–Crippen MR) is 85.0 cm³/mol. The molecule has 24 heavy (non-hydrogen) atoms. The zero-order valence-corrected chi connectivity index (χ0v) is 12.8. The molecule has 128 valence electrons. The third-order valence-electron chi connectivity index (χ3n) is 2.83. The average molecular weight is 335 g/mol. The number of carbonyl (C=O) groups excluding carboxylic acids is 3. The van der Waals surface area contributed by atoms with Crippen LogP contribution in [0.5, 0.6) is 0 Å². The van der Waals surface area contributed by atoms with Crippen LogP contribution >= 0.6 is 0 Å². The Morgan fingerprint density at radius 2 is 1.96 bits per heavy atom. The van der Waals surface area contributed by atoms with E-state index in [1.165, 1.54) is 6.21 Å². The lowest BCUT2D eigenvalue weighted by Gasteiger charge is -2.26. The van der Waals surface area contributed by atoms with Crippen LogP contribution in [0.1, 0.15) is 18.9 Å². The van der Waals surface area contributed by atoms with Crippen molar-refractivity contribution in [3.8, 4) is 0 Å². The molecule has 0 aliphatic rings. The van der Waals surface area contributed by atoms with Crippen molar-refractivity contribution >= 4 is 36.1 Å². The summed E-state index contributed by atoms with van der Waals surface area (Å²) >= 11 is 0. The van der Waals surface area contributed by atoms with Crippen molar-refractivity contribution in [2.24, 2.45) is 10.9 Å². The van der Waals surface area contributed by atoms with Gasteiger partial charge in [0.05, 0.1) is 12.6 Å². The van der Waals surface area contributed by atoms with Crippen molar-refractivity contribution in [2.45, 2.75) is 19.4 Å². The molecule has 0 unspecified atom stereocenters. The first-order chi connectivity index (χ1) is 11.4. The Morgan fingerprint density at radius 3 is 2.42 bits per heavy atom. The van der Waals surface area contributed by atoms with Crippen LogP contribution in [0.4, 0.5) is 10.5 Å². The van der Waals surface area contributed by atoms with E-state index < -0.39 is 30.4 Å². The van der Waals surface area contributed by atoms with E-state index >= 15 is 0 Å². The molecule has 0 fully saturated rings. The van der Waals surface area contributed by atoms with Crippen LogP contribution < -0.4 is 16.6 Å². The van der Waals surface area contributed by atoms with Crippen molar-refractivity contribution in [1.82, 2.24) is 10.4 Å². The molecule has 0 aromatic heterocycles. The molecule has 10 nitrogen and oxygen atoms in total. The molecular weight excluding hydrogens is 318 g/mol. The smallest absolute Gasteiger partial charge is 0.338 e. The van der Waals surface area contributed by atoms with Crippen LogP contribution in [0.25, 0.3) is 0 Å². The number of carbonyl (C=O) groups is 4. The van der Waals surface area contributed by atoms with E-state index in [1.807, 2.05) is 0 Å². The molecule has 1 aromatic carbocycles. The molecule has 10 heteroatoms. The normalized spacial score (nSPS) is 11.5. The number of nitrogens with one attached hydrogen (secondary N) is 2. The van der Waals surface area contributed by atoms with Crippen LogP contribution in [0, 0.1) is 0 Å². The van der Waals surface area contributed by atoms with E-state index in [0.29, 0.717) is 10.7 Å². The number of amides is 3. The monoisotopic (exact) mass is 335 g/mol. The third-order valence-corrected chi connectivity index (χ3v) is 2.83. The Kier molecular flexibility index (Phi) is 6.89. The Bertz CT molecular complexity index is 643. The van der Waals surface area contributed by atoms with Gasteiger partial charge in [0.1, 0.15) is 12.3 Å². The Balaban J connectivity index is 2.76. The summed E-state index contributed by atoms with van der Waals surface area (Å²) in [4.78, 5) is 45.1. The van der Waals surface area contributed by atoms with Gasteiger partial charge in [-0.1, -0.05) is 12.1 Å². The van der Waals surface area contributed by atoms with E-state index in [4.69, 9.17) is 10.9 Å². The first-order valence-corrected chi connectivity index (χ1v) is 6.75. The molecule has 0 heterocycles. The summed E-state index contributed by atoms with van der Waals surface area (Å²) in [6.45, 7) is 1.10. The van der Waals surface area contributed by atoms with Crippen LogP contribution in [-0.2, 0) is 14.4 Å². The molecule has 0 saturated heterocycles. The molecule has 0 aliphatic heterocycles. The molecule has 0 radical (unpaired) electrons. The Morgan fingerprint density at radius 1 is 1.33 bits per heavy atom. The average Bonchev–Trinajstić information content (AvgIpc) is 2.52. The van der Waals surface area contributed by atoms with Gasteiger partial charge in [-0.05, 0) is 17.7 Å². The number of anilines is 1. The number of rotatable bonds is 6. The second-order valence-corrected chi connectivity index (χ2v) is 4.66. The molecule has 0 spiro atoms. The number of nitrogens with zero attached hydrogens (tertiary/aromatic N) is 2. The number of benzene rings is 1. The highest BCUT2D eigenvalue weighted by molar-refractivity contribution is 5.92. The summed E-state index contributed by atoms with van der Waals surface area (Å²) in [6.07, 6.45) is 1.06. The standard InChI is InChI=1S/C14H17N5O5/c1-9(21)19(12(8-20)6-13(22)23)18-14(24)17-11-4-2-10(3-5-11)7-16-15/h2-5,7-8,12H,6,15H2,1H3,(H,22,23)(H2,17,18,24)/t12-/m0/s1. The summed E-state index contributed by atoms with van der Waals surface area (Å²) < 4.78 is 0. The maximum atomic E-state index is 11.9. The molecule has 5 N–H and O–H groups in total. The van der Waals surface area contributed by atoms with E-state index in [9.17, 15) is 19.2 Å². The van der Waals surface area contributed by atoms with Gasteiger partial charge in [-0.25, -0.2) is 15.2 Å². The third kappa shape index (κ3) is 5.75. The minimum Gasteiger partial charge on any atom is -0.481 e. The van der Waals surface area contributed by atoms with Crippen LogP contribution in [0.3, 0.4) is 0 Å². The zero-order valence-electron chi connectivity index (χ0n) is 12.8. The van der Waals surface area contributed by atoms with Gasteiger partial charge in [-0.3, -0.25) is 9.59 Å². The number of aldehydes is 1. The summed E-state index contributed by atoms with van der Waals surface area (Å²) in [6, 6.07) is 4.32. The second-order valence-electron chi connectivity index (χ2n) is 4.66. The first-order valence-electron chi connectivity index (χ1n) is 6.75. The second kappa shape index (κ2) is 8.88.